The van der Waals surface area contributed by atoms with Gasteiger partial charge in [0, 0.05) is 63.1 Å². The third-order valence-electron chi connectivity index (χ3n) is 11.1. The highest BCUT2D eigenvalue weighted by Crippen LogP contribution is 2.45. The fraction of sp³-hybridized carbons (Fsp3) is 0. The summed E-state index contributed by atoms with van der Waals surface area (Å²) in [6, 6.07) is 64.9. The molecule has 0 fully saturated rings. The lowest BCUT2D eigenvalue weighted by molar-refractivity contribution is 1.07. The van der Waals surface area contributed by atoms with Gasteiger partial charge in [0.1, 0.15) is 0 Å². The lowest BCUT2D eigenvalue weighted by atomic mass is 9.97. The summed E-state index contributed by atoms with van der Waals surface area (Å²) in [7, 11) is 0. The van der Waals surface area contributed by atoms with Crippen molar-refractivity contribution in [1.29, 1.82) is 0 Å². The maximum atomic E-state index is 5.03. The van der Waals surface area contributed by atoms with Gasteiger partial charge in [0.25, 0.3) is 0 Å². The Morgan fingerprint density at radius 3 is 1.53 bits per heavy atom. The Hall–Kier alpha value is -6.99. The van der Waals surface area contributed by atoms with Crippen LogP contribution in [0.3, 0.4) is 0 Å². The number of thiophene rings is 2. The average Bonchev–Trinajstić information content (AvgIpc) is 3.96. The van der Waals surface area contributed by atoms with Crippen LogP contribution in [-0.4, -0.2) is 19.5 Å². The standard InChI is InChI=1S/C51H30N4S2/c1-3-13-31(14-4-1)49-52-50(32-15-5-2-6-16-32)54-51(53-49)34-26-28-45-40(30-34)39-29-33(25-27-44(39)56-45)35-19-12-24-46-47(35)38-20-11-23-43(48(38)57-46)55-41-21-9-7-17-36(41)37-18-8-10-22-42(37)55/h1-30H. The van der Waals surface area contributed by atoms with E-state index in [1.165, 1.54) is 79.0 Å². The van der Waals surface area contributed by atoms with E-state index < -0.39 is 0 Å². The molecular formula is C51H30N4S2. The van der Waals surface area contributed by atoms with E-state index in [0.29, 0.717) is 17.5 Å². The van der Waals surface area contributed by atoms with Gasteiger partial charge in [-0.2, -0.15) is 0 Å². The number of hydrogen-bond donors (Lipinski definition) is 0. The van der Waals surface area contributed by atoms with Crippen LogP contribution in [-0.2, 0) is 0 Å². The Morgan fingerprint density at radius 2 is 0.877 bits per heavy atom. The molecule has 57 heavy (non-hydrogen) atoms. The third kappa shape index (κ3) is 5.15. The fourth-order valence-corrected chi connectivity index (χ4v) is 10.8. The number of rotatable bonds is 5. The van der Waals surface area contributed by atoms with E-state index in [9.17, 15) is 0 Å². The lowest BCUT2D eigenvalue weighted by Crippen LogP contribution is -2.00. The molecule has 0 atom stereocenters. The van der Waals surface area contributed by atoms with E-state index in [2.05, 4.69) is 126 Å². The average molecular weight is 763 g/mol. The summed E-state index contributed by atoms with van der Waals surface area (Å²) in [6.07, 6.45) is 0. The summed E-state index contributed by atoms with van der Waals surface area (Å²) in [6.45, 7) is 0. The first-order chi connectivity index (χ1) is 28.2. The quantitative estimate of drug-likeness (QED) is 0.175. The van der Waals surface area contributed by atoms with Crippen LogP contribution in [0.25, 0.3) is 113 Å². The zero-order valence-corrected chi connectivity index (χ0v) is 32.1. The van der Waals surface area contributed by atoms with E-state index >= 15 is 0 Å². The minimum Gasteiger partial charge on any atom is -0.308 e. The van der Waals surface area contributed by atoms with Gasteiger partial charge in [0.15, 0.2) is 17.5 Å². The van der Waals surface area contributed by atoms with E-state index in [0.717, 1.165) is 16.7 Å². The van der Waals surface area contributed by atoms with Crippen LogP contribution in [0.2, 0.25) is 0 Å². The van der Waals surface area contributed by atoms with Gasteiger partial charge in [-0.15, -0.1) is 22.7 Å². The summed E-state index contributed by atoms with van der Waals surface area (Å²) in [5.41, 5.74) is 9.00. The molecule has 266 valence electrons. The van der Waals surface area contributed by atoms with E-state index in [-0.39, 0.29) is 0 Å². The first-order valence-corrected chi connectivity index (χ1v) is 20.7. The summed E-state index contributed by atoms with van der Waals surface area (Å²) < 4.78 is 7.52. The highest BCUT2D eigenvalue weighted by atomic mass is 32.1. The molecule has 0 amide bonds. The Kier molecular flexibility index (Phi) is 7.24. The molecule has 0 aliphatic rings. The molecule has 4 nitrogen and oxygen atoms in total. The molecule has 4 aromatic heterocycles. The highest BCUT2D eigenvalue weighted by Gasteiger charge is 2.19. The predicted molar refractivity (Wildman–Crippen MR) is 242 cm³/mol. The molecule has 0 spiro atoms. The normalized spacial score (nSPS) is 11.9. The number of para-hydroxylation sites is 2. The maximum absolute atomic E-state index is 5.03. The van der Waals surface area contributed by atoms with Gasteiger partial charge in [-0.3, -0.25) is 0 Å². The number of nitrogens with zero attached hydrogens (tertiary/aromatic N) is 4. The van der Waals surface area contributed by atoms with Crippen LogP contribution in [0.1, 0.15) is 0 Å². The van der Waals surface area contributed by atoms with Crippen molar-refractivity contribution < 1.29 is 0 Å². The van der Waals surface area contributed by atoms with E-state index in [4.69, 9.17) is 15.0 Å². The lowest BCUT2D eigenvalue weighted by Gasteiger charge is -2.10. The topological polar surface area (TPSA) is 43.6 Å². The fourth-order valence-electron chi connectivity index (χ4n) is 8.45. The molecule has 0 aliphatic heterocycles. The first-order valence-electron chi connectivity index (χ1n) is 19.0. The summed E-state index contributed by atoms with van der Waals surface area (Å²) >= 11 is 3.71. The second-order valence-corrected chi connectivity index (χ2v) is 16.5. The molecule has 0 unspecified atom stereocenters. The van der Waals surface area contributed by atoms with Gasteiger partial charge < -0.3 is 4.57 Å². The first kappa shape index (κ1) is 32.3. The summed E-state index contributed by atoms with van der Waals surface area (Å²) in [4.78, 5) is 15.0. The van der Waals surface area contributed by atoms with Crippen molar-refractivity contribution >= 4 is 84.8 Å². The molecule has 8 aromatic carbocycles. The van der Waals surface area contributed by atoms with Crippen molar-refractivity contribution in [3.05, 3.63) is 182 Å². The molecule has 0 bridgehead atoms. The largest absolute Gasteiger partial charge is 0.308 e. The molecule has 12 rings (SSSR count). The van der Waals surface area contributed by atoms with Crippen LogP contribution in [0.5, 0.6) is 0 Å². The Morgan fingerprint density at radius 1 is 0.351 bits per heavy atom. The van der Waals surface area contributed by atoms with Crippen LogP contribution >= 0.6 is 22.7 Å². The minimum absolute atomic E-state index is 0.661. The van der Waals surface area contributed by atoms with Crippen LogP contribution < -0.4 is 0 Å². The monoisotopic (exact) mass is 762 g/mol. The SMILES string of the molecule is c1ccc(-c2nc(-c3ccccc3)nc(-c3ccc4sc5ccc(-c6cccc7sc8c(-n9c%10ccccc%10c%10ccccc%109)cccc8c67)cc5c4c3)n2)cc1. The van der Waals surface area contributed by atoms with Crippen LogP contribution in [0, 0.1) is 0 Å². The second-order valence-electron chi connectivity index (χ2n) is 14.4. The predicted octanol–water partition coefficient (Wildman–Crippen LogP) is 14.4. The molecule has 0 radical (unpaired) electrons. The summed E-state index contributed by atoms with van der Waals surface area (Å²) in [5.74, 6) is 1.98. The molecular weight excluding hydrogens is 733 g/mol. The number of fused-ring (bicyclic) bond motifs is 9. The van der Waals surface area contributed by atoms with Gasteiger partial charge in [-0.1, -0.05) is 127 Å². The van der Waals surface area contributed by atoms with Gasteiger partial charge in [-0.25, -0.2) is 15.0 Å². The number of benzene rings is 8. The third-order valence-corrected chi connectivity index (χ3v) is 13.4. The van der Waals surface area contributed by atoms with Crippen molar-refractivity contribution in [3.8, 4) is 51.0 Å². The second kappa shape index (κ2) is 12.8. The van der Waals surface area contributed by atoms with Crippen molar-refractivity contribution in [2.24, 2.45) is 0 Å². The zero-order valence-electron chi connectivity index (χ0n) is 30.4. The Labute approximate surface area is 335 Å². The molecule has 0 saturated heterocycles. The van der Waals surface area contributed by atoms with Crippen molar-refractivity contribution in [3.63, 3.8) is 0 Å². The minimum atomic E-state index is 0.661. The molecule has 0 N–H and O–H groups in total. The summed E-state index contributed by atoms with van der Waals surface area (Å²) in [5, 5.41) is 7.56. The van der Waals surface area contributed by atoms with Crippen LogP contribution in [0.4, 0.5) is 0 Å². The Balaban J connectivity index is 1.02. The molecule has 6 heteroatoms. The van der Waals surface area contributed by atoms with Crippen LogP contribution in [0.15, 0.2) is 182 Å². The van der Waals surface area contributed by atoms with E-state index in [1.54, 1.807) is 0 Å². The van der Waals surface area contributed by atoms with Crippen molar-refractivity contribution in [2.45, 2.75) is 0 Å². The molecule has 4 heterocycles. The van der Waals surface area contributed by atoms with Gasteiger partial charge in [0.05, 0.1) is 21.4 Å². The van der Waals surface area contributed by atoms with Gasteiger partial charge in [-0.05, 0) is 65.7 Å². The highest BCUT2D eigenvalue weighted by molar-refractivity contribution is 7.26. The number of hydrogen-bond acceptors (Lipinski definition) is 5. The van der Waals surface area contributed by atoms with Crippen molar-refractivity contribution in [1.82, 2.24) is 19.5 Å². The Bertz CT molecular complexity index is 3410. The smallest absolute Gasteiger partial charge is 0.164 e. The van der Waals surface area contributed by atoms with Gasteiger partial charge in [0.2, 0.25) is 0 Å². The van der Waals surface area contributed by atoms with Crippen molar-refractivity contribution in [2.75, 3.05) is 0 Å². The molecule has 0 aliphatic carbocycles. The zero-order chi connectivity index (χ0) is 37.5. The van der Waals surface area contributed by atoms with Gasteiger partial charge >= 0.3 is 0 Å². The molecule has 12 aromatic rings. The molecule has 0 saturated carbocycles. The van der Waals surface area contributed by atoms with E-state index in [1.807, 2.05) is 83.3 Å². The number of aromatic nitrogens is 4. The maximum Gasteiger partial charge on any atom is 0.164 e.